The highest BCUT2D eigenvalue weighted by atomic mass is 35.5. The predicted octanol–water partition coefficient (Wildman–Crippen LogP) is 4.67. The van der Waals surface area contributed by atoms with Crippen LogP contribution < -0.4 is 5.73 Å². The highest BCUT2D eigenvalue weighted by molar-refractivity contribution is 6.42. The Balaban J connectivity index is 2.08. The summed E-state index contributed by atoms with van der Waals surface area (Å²) >= 11 is 11.9. The molecule has 0 aliphatic heterocycles. The molecule has 2 aromatic carbocycles. The molecule has 2 atom stereocenters. The molecule has 2 N–H and O–H groups in total. The number of hydrogen-bond donors (Lipinski definition) is 1. The molecule has 3 heteroatoms. The van der Waals surface area contributed by atoms with Gasteiger partial charge in [-0.2, -0.15) is 0 Å². The molecule has 100 valence electrons. The minimum atomic E-state index is 0.0552. The molecule has 0 radical (unpaired) electrons. The normalized spacial score (nSPS) is 14.1. The van der Waals surface area contributed by atoms with Gasteiger partial charge in [0.05, 0.1) is 10.0 Å². The second-order valence-electron chi connectivity index (χ2n) is 4.82. The third-order valence-electron chi connectivity index (χ3n) is 3.42. The monoisotopic (exact) mass is 293 g/mol. The van der Waals surface area contributed by atoms with Gasteiger partial charge in [-0.3, -0.25) is 0 Å². The van der Waals surface area contributed by atoms with Gasteiger partial charge in [0, 0.05) is 6.04 Å². The number of rotatable bonds is 4. The fourth-order valence-electron chi connectivity index (χ4n) is 2.12. The number of halogens is 2. The second-order valence-corrected chi connectivity index (χ2v) is 5.63. The van der Waals surface area contributed by atoms with E-state index in [2.05, 4.69) is 19.1 Å². The van der Waals surface area contributed by atoms with Crippen molar-refractivity contribution >= 4 is 23.2 Å². The van der Waals surface area contributed by atoms with Crippen LogP contribution in [-0.4, -0.2) is 6.04 Å². The van der Waals surface area contributed by atoms with Gasteiger partial charge in [-0.15, -0.1) is 0 Å². The number of hydrogen-bond acceptors (Lipinski definition) is 1. The SMILES string of the molecule is CC(c1ccccc1)C(N)Cc1ccc(Cl)c(Cl)c1. The van der Waals surface area contributed by atoms with Gasteiger partial charge < -0.3 is 5.73 Å². The highest BCUT2D eigenvalue weighted by Gasteiger charge is 2.15. The van der Waals surface area contributed by atoms with E-state index in [0.29, 0.717) is 16.0 Å². The van der Waals surface area contributed by atoms with Crippen LogP contribution in [0, 0.1) is 0 Å². The fraction of sp³-hybridized carbons (Fsp3) is 0.250. The summed E-state index contributed by atoms with van der Waals surface area (Å²) in [6.07, 6.45) is 0.785. The first-order valence-electron chi connectivity index (χ1n) is 6.32. The summed E-state index contributed by atoms with van der Waals surface area (Å²) in [4.78, 5) is 0. The third kappa shape index (κ3) is 3.73. The first kappa shape index (κ1) is 14.4. The molecule has 0 aliphatic rings. The molecule has 0 fully saturated rings. The van der Waals surface area contributed by atoms with E-state index in [-0.39, 0.29) is 6.04 Å². The molecule has 2 rings (SSSR count). The summed E-state index contributed by atoms with van der Waals surface area (Å²) in [5.41, 5.74) is 8.67. The van der Waals surface area contributed by atoms with Crippen molar-refractivity contribution in [2.45, 2.75) is 25.3 Å². The van der Waals surface area contributed by atoms with Gasteiger partial charge in [-0.05, 0) is 35.6 Å². The minimum Gasteiger partial charge on any atom is -0.327 e. The molecule has 0 heterocycles. The van der Waals surface area contributed by atoms with Gasteiger partial charge in [-0.25, -0.2) is 0 Å². The van der Waals surface area contributed by atoms with E-state index in [1.807, 2.05) is 36.4 Å². The van der Waals surface area contributed by atoms with E-state index < -0.39 is 0 Å². The van der Waals surface area contributed by atoms with E-state index in [1.54, 1.807) is 0 Å². The molecule has 0 amide bonds. The zero-order chi connectivity index (χ0) is 13.8. The quantitative estimate of drug-likeness (QED) is 0.871. The van der Waals surface area contributed by atoms with E-state index in [1.165, 1.54) is 5.56 Å². The molecule has 0 saturated carbocycles. The Morgan fingerprint density at radius 3 is 2.32 bits per heavy atom. The van der Waals surface area contributed by atoms with Gasteiger partial charge in [0.1, 0.15) is 0 Å². The minimum absolute atomic E-state index is 0.0552. The molecular weight excluding hydrogens is 277 g/mol. The fourth-order valence-corrected chi connectivity index (χ4v) is 2.44. The summed E-state index contributed by atoms with van der Waals surface area (Å²) in [6.45, 7) is 2.15. The zero-order valence-corrected chi connectivity index (χ0v) is 12.3. The van der Waals surface area contributed by atoms with Crippen molar-refractivity contribution in [3.05, 3.63) is 69.7 Å². The van der Waals surface area contributed by atoms with Gasteiger partial charge in [0.15, 0.2) is 0 Å². The molecule has 2 aromatic rings. The van der Waals surface area contributed by atoms with Crippen LogP contribution in [0.25, 0.3) is 0 Å². The maximum Gasteiger partial charge on any atom is 0.0595 e. The lowest BCUT2D eigenvalue weighted by Crippen LogP contribution is -2.29. The average molecular weight is 294 g/mol. The van der Waals surface area contributed by atoms with Crippen LogP contribution in [0.2, 0.25) is 10.0 Å². The third-order valence-corrected chi connectivity index (χ3v) is 4.16. The van der Waals surface area contributed by atoms with Crippen molar-refractivity contribution in [1.82, 2.24) is 0 Å². The van der Waals surface area contributed by atoms with Crippen molar-refractivity contribution in [3.8, 4) is 0 Å². The molecule has 0 aliphatic carbocycles. The molecule has 0 aromatic heterocycles. The van der Waals surface area contributed by atoms with Crippen molar-refractivity contribution < 1.29 is 0 Å². The van der Waals surface area contributed by atoms with E-state index in [0.717, 1.165) is 12.0 Å². The van der Waals surface area contributed by atoms with Crippen molar-refractivity contribution in [1.29, 1.82) is 0 Å². The summed E-state index contributed by atoms with van der Waals surface area (Å²) in [7, 11) is 0. The lowest BCUT2D eigenvalue weighted by atomic mass is 9.90. The van der Waals surface area contributed by atoms with Gasteiger partial charge in [0.2, 0.25) is 0 Å². The largest absolute Gasteiger partial charge is 0.327 e. The molecule has 19 heavy (non-hydrogen) atoms. The van der Waals surface area contributed by atoms with Crippen LogP contribution in [0.3, 0.4) is 0 Å². The van der Waals surface area contributed by atoms with E-state index in [4.69, 9.17) is 28.9 Å². The van der Waals surface area contributed by atoms with Crippen molar-refractivity contribution in [2.75, 3.05) is 0 Å². The van der Waals surface area contributed by atoms with Crippen LogP contribution in [-0.2, 0) is 6.42 Å². The van der Waals surface area contributed by atoms with Crippen LogP contribution in [0.1, 0.15) is 24.0 Å². The molecule has 0 saturated heterocycles. The summed E-state index contributed by atoms with van der Waals surface area (Å²) in [5, 5.41) is 1.16. The Morgan fingerprint density at radius 1 is 1.00 bits per heavy atom. The molecular formula is C16H17Cl2N. The average Bonchev–Trinajstić information content (AvgIpc) is 2.43. The number of nitrogens with two attached hydrogens (primary N) is 1. The predicted molar refractivity (Wildman–Crippen MR) is 83.0 cm³/mol. The maximum absolute atomic E-state index is 6.29. The molecule has 2 unspecified atom stereocenters. The van der Waals surface area contributed by atoms with Crippen LogP contribution in [0.15, 0.2) is 48.5 Å². The van der Waals surface area contributed by atoms with Crippen LogP contribution >= 0.6 is 23.2 Å². The molecule has 0 spiro atoms. The first-order chi connectivity index (χ1) is 9.08. The Labute approximate surface area is 124 Å². The maximum atomic E-state index is 6.29. The molecule has 0 bridgehead atoms. The Bertz CT molecular complexity index is 540. The van der Waals surface area contributed by atoms with Crippen molar-refractivity contribution in [3.63, 3.8) is 0 Å². The summed E-state index contributed by atoms with van der Waals surface area (Å²) in [5.74, 6) is 0.302. The van der Waals surface area contributed by atoms with Gasteiger partial charge >= 0.3 is 0 Å². The van der Waals surface area contributed by atoms with Crippen LogP contribution in [0.5, 0.6) is 0 Å². The van der Waals surface area contributed by atoms with Gasteiger partial charge in [-0.1, -0.05) is 66.5 Å². The number of benzene rings is 2. The molecule has 1 nitrogen and oxygen atoms in total. The first-order valence-corrected chi connectivity index (χ1v) is 7.08. The van der Waals surface area contributed by atoms with Gasteiger partial charge in [0.25, 0.3) is 0 Å². The highest BCUT2D eigenvalue weighted by Crippen LogP contribution is 2.25. The lowest BCUT2D eigenvalue weighted by molar-refractivity contribution is 0.564. The Morgan fingerprint density at radius 2 is 1.68 bits per heavy atom. The second kappa shape index (κ2) is 6.42. The lowest BCUT2D eigenvalue weighted by Gasteiger charge is -2.20. The summed E-state index contributed by atoms with van der Waals surface area (Å²) in [6, 6.07) is 16.1. The standard InChI is InChI=1S/C16H17Cl2N/c1-11(13-5-3-2-4-6-13)16(19)10-12-7-8-14(17)15(18)9-12/h2-9,11,16H,10,19H2,1H3. The van der Waals surface area contributed by atoms with E-state index >= 15 is 0 Å². The van der Waals surface area contributed by atoms with Crippen molar-refractivity contribution in [2.24, 2.45) is 5.73 Å². The Hall–Kier alpha value is -1.02. The zero-order valence-electron chi connectivity index (χ0n) is 10.8. The Kier molecular flexibility index (Phi) is 4.87. The smallest absolute Gasteiger partial charge is 0.0595 e. The van der Waals surface area contributed by atoms with Crippen LogP contribution in [0.4, 0.5) is 0 Å². The topological polar surface area (TPSA) is 26.0 Å². The summed E-state index contributed by atoms with van der Waals surface area (Å²) < 4.78 is 0. The van der Waals surface area contributed by atoms with E-state index in [9.17, 15) is 0 Å².